The molecule has 1 saturated carbocycles. The third-order valence-electron chi connectivity index (χ3n) is 5.22. The van der Waals surface area contributed by atoms with E-state index in [9.17, 15) is 14.9 Å². The molecule has 1 aliphatic heterocycles. The number of nitrogens with one attached hydrogen (secondary N) is 1. The van der Waals surface area contributed by atoms with E-state index in [0.29, 0.717) is 42.2 Å². The second kappa shape index (κ2) is 8.47. The predicted molar refractivity (Wildman–Crippen MR) is 105 cm³/mol. The second-order valence-electron chi connectivity index (χ2n) is 7.32. The first kappa shape index (κ1) is 19.8. The van der Waals surface area contributed by atoms with Crippen molar-refractivity contribution in [2.75, 3.05) is 18.5 Å². The zero-order valence-corrected chi connectivity index (χ0v) is 16.1. The van der Waals surface area contributed by atoms with Crippen LogP contribution in [0.25, 0.3) is 11.3 Å². The maximum atomic E-state index is 12.2. The van der Waals surface area contributed by atoms with E-state index in [1.807, 2.05) is 0 Å². The van der Waals surface area contributed by atoms with Crippen molar-refractivity contribution >= 4 is 17.7 Å². The molecule has 154 valence electrons. The van der Waals surface area contributed by atoms with E-state index >= 15 is 0 Å². The summed E-state index contributed by atoms with van der Waals surface area (Å²) in [5.41, 5.74) is 1.60. The SMILES string of the molecule is N#Cc1cc(-c2cc(NC(=O)C3CC3C(=O)O)ncn2)ccc1OC1CCOCC1. The van der Waals surface area contributed by atoms with Gasteiger partial charge in [-0.2, -0.15) is 5.26 Å². The molecule has 1 amide bonds. The van der Waals surface area contributed by atoms with Crippen LogP contribution in [0, 0.1) is 23.2 Å². The summed E-state index contributed by atoms with van der Waals surface area (Å²) in [5, 5.41) is 21.1. The second-order valence-corrected chi connectivity index (χ2v) is 7.32. The van der Waals surface area contributed by atoms with Crippen LogP contribution in [0.15, 0.2) is 30.6 Å². The van der Waals surface area contributed by atoms with Crippen molar-refractivity contribution in [1.29, 1.82) is 5.26 Å². The number of hydrogen-bond acceptors (Lipinski definition) is 7. The number of aromatic nitrogens is 2. The molecule has 2 heterocycles. The van der Waals surface area contributed by atoms with Gasteiger partial charge in [0.25, 0.3) is 0 Å². The van der Waals surface area contributed by atoms with Gasteiger partial charge in [0.05, 0.1) is 36.3 Å². The summed E-state index contributed by atoms with van der Waals surface area (Å²) < 4.78 is 11.3. The Balaban J connectivity index is 1.48. The first-order valence-corrected chi connectivity index (χ1v) is 9.70. The van der Waals surface area contributed by atoms with Crippen LogP contribution in [-0.4, -0.2) is 46.3 Å². The van der Waals surface area contributed by atoms with Crippen molar-refractivity contribution < 1.29 is 24.2 Å². The highest BCUT2D eigenvalue weighted by molar-refractivity contribution is 5.97. The van der Waals surface area contributed by atoms with Crippen molar-refractivity contribution in [3.05, 3.63) is 36.2 Å². The topological polar surface area (TPSA) is 134 Å². The number of hydrogen-bond donors (Lipinski definition) is 2. The van der Waals surface area contributed by atoms with Gasteiger partial charge in [-0.05, 0) is 24.6 Å². The largest absolute Gasteiger partial charge is 0.489 e. The van der Waals surface area contributed by atoms with Crippen LogP contribution in [0.3, 0.4) is 0 Å². The fraction of sp³-hybridized carbons (Fsp3) is 0.381. The quantitative estimate of drug-likeness (QED) is 0.743. The molecule has 1 saturated heterocycles. The van der Waals surface area contributed by atoms with Gasteiger partial charge in [-0.15, -0.1) is 0 Å². The summed E-state index contributed by atoms with van der Waals surface area (Å²) in [4.78, 5) is 31.4. The van der Waals surface area contributed by atoms with E-state index in [0.717, 1.165) is 12.8 Å². The third-order valence-corrected chi connectivity index (χ3v) is 5.22. The van der Waals surface area contributed by atoms with Crippen LogP contribution in [0.4, 0.5) is 5.82 Å². The number of amides is 1. The van der Waals surface area contributed by atoms with Gasteiger partial charge in [0.2, 0.25) is 5.91 Å². The van der Waals surface area contributed by atoms with Crippen LogP contribution < -0.4 is 10.1 Å². The maximum absolute atomic E-state index is 12.2. The number of carbonyl (C=O) groups is 2. The Labute approximate surface area is 172 Å². The number of rotatable bonds is 6. The van der Waals surface area contributed by atoms with E-state index in [-0.39, 0.29) is 17.8 Å². The molecular weight excluding hydrogens is 388 g/mol. The Morgan fingerprint density at radius 2 is 2.00 bits per heavy atom. The predicted octanol–water partition coefficient (Wildman–Crippen LogP) is 2.23. The molecule has 2 aliphatic rings. The number of ether oxygens (including phenoxy) is 2. The molecule has 9 heteroatoms. The average molecular weight is 408 g/mol. The third kappa shape index (κ3) is 4.39. The molecule has 1 aliphatic carbocycles. The number of aliphatic carboxylic acids is 1. The summed E-state index contributed by atoms with van der Waals surface area (Å²) in [7, 11) is 0. The highest BCUT2D eigenvalue weighted by Gasteiger charge is 2.48. The molecule has 4 rings (SSSR count). The van der Waals surface area contributed by atoms with Gasteiger partial charge in [-0.3, -0.25) is 9.59 Å². The van der Waals surface area contributed by atoms with Gasteiger partial charge in [0.15, 0.2) is 0 Å². The molecule has 1 aromatic heterocycles. The van der Waals surface area contributed by atoms with E-state index in [2.05, 4.69) is 21.4 Å². The Morgan fingerprint density at radius 3 is 2.70 bits per heavy atom. The summed E-state index contributed by atoms with van der Waals surface area (Å²) >= 11 is 0. The lowest BCUT2D eigenvalue weighted by Crippen LogP contribution is -2.26. The minimum absolute atomic E-state index is 0.0228. The van der Waals surface area contributed by atoms with Gasteiger partial charge >= 0.3 is 5.97 Å². The molecule has 30 heavy (non-hydrogen) atoms. The lowest BCUT2D eigenvalue weighted by atomic mass is 10.1. The Bertz CT molecular complexity index is 1010. The molecule has 0 radical (unpaired) electrons. The summed E-state index contributed by atoms with van der Waals surface area (Å²) in [6.07, 6.45) is 3.23. The molecule has 2 N–H and O–H groups in total. The lowest BCUT2D eigenvalue weighted by Gasteiger charge is -2.23. The first-order valence-electron chi connectivity index (χ1n) is 9.70. The molecular formula is C21H20N4O5. The zero-order valence-electron chi connectivity index (χ0n) is 16.1. The van der Waals surface area contributed by atoms with Crippen molar-refractivity contribution in [3.63, 3.8) is 0 Å². The number of benzene rings is 1. The number of nitrogens with zero attached hydrogens (tertiary/aromatic N) is 3. The van der Waals surface area contributed by atoms with Crippen LogP contribution in [-0.2, 0) is 14.3 Å². The van der Waals surface area contributed by atoms with Gasteiger partial charge in [0.1, 0.15) is 30.1 Å². The van der Waals surface area contributed by atoms with Gasteiger partial charge in [0, 0.05) is 24.5 Å². The zero-order chi connectivity index (χ0) is 21.1. The number of anilines is 1. The number of carboxylic acids is 1. The Kier molecular flexibility index (Phi) is 5.59. The number of carboxylic acid groups (broad SMARTS) is 1. The first-order chi connectivity index (χ1) is 14.5. The van der Waals surface area contributed by atoms with Gasteiger partial charge in [-0.1, -0.05) is 0 Å². The molecule has 2 atom stereocenters. The normalized spacial score (nSPS) is 20.8. The van der Waals surface area contributed by atoms with E-state index in [1.165, 1.54) is 6.33 Å². The Hall–Kier alpha value is -3.51. The smallest absolute Gasteiger partial charge is 0.307 e. The summed E-state index contributed by atoms with van der Waals surface area (Å²) in [5.74, 6) is -1.71. The van der Waals surface area contributed by atoms with Crippen LogP contribution >= 0.6 is 0 Å². The van der Waals surface area contributed by atoms with Crippen LogP contribution in [0.5, 0.6) is 5.75 Å². The van der Waals surface area contributed by atoms with Crippen LogP contribution in [0.1, 0.15) is 24.8 Å². The monoisotopic (exact) mass is 408 g/mol. The molecule has 2 fully saturated rings. The molecule has 9 nitrogen and oxygen atoms in total. The van der Waals surface area contributed by atoms with Crippen molar-refractivity contribution in [3.8, 4) is 23.1 Å². The molecule has 0 bridgehead atoms. The van der Waals surface area contributed by atoms with Gasteiger partial charge in [-0.25, -0.2) is 9.97 Å². The maximum Gasteiger partial charge on any atom is 0.307 e. The fourth-order valence-electron chi connectivity index (χ4n) is 3.41. The van der Waals surface area contributed by atoms with Gasteiger partial charge < -0.3 is 19.9 Å². The standard InChI is InChI=1S/C21H20N4O5/c22-10-13-7-12(1-2-18(13)30-14-3-5-29-6-4-14)17-9-19(24-11-23-17)25-20(26)15-8-16(15)21(27)28/h1-2,7,9,11,14-16H,3-6,8H2,(H,27,28)(H,23,24,25,26). The Morgan fingerprint density at radius 1 is 1.20 bits per heavy atom. The number of carbonyl (C=O) groups excluding carboxylic acids is 1. The highest BCUT2D eigenvalue weighted by Crippen LogP contribution is 2.39. The summed E-state index contributed by atoms with van der Waals surface area (Å²) in [6, 6.07) is 8.97. The van der Waals surface area contributed by atoms with Crippen molar-refractivity contribution in [2.45, 2.75) is 25.4 Å². The molecule has 2 unspecified atom stereocenters. The van der Waals surface area contributed by atoms with Crippen molar-refractivity contribution in [2.24, 2.45) is 11.8 Å². The number of nitriles is 1. The highest BCUT2D eigenvalue weighted by atomic mass is 16.5. The molecule has 2 aromatic rings. The molecule has 0 spiro atoms. The van der Waals surface area contributed by atoms with Crippen LogP contribution in [0.2, 0.25) is 0 Å². The fourth-order valence-corrected chi connectivity index (χ4v) is 3.41. The lowest BCUT2D eigenvalue weighted by molar-refractivity contribution is -0.139. The minimum Gasteiger partial charge on any atom is -0.489 e. The van der Waals surface area contributed by atoms with E-state index in [1.54, 1.807) is 24.3 Å². The minimum atomic E-state index is -0.967. The average Bonchev–Trinajstić information content (AvgIpc) is 3.56. The van der Waals surface area contributed by atoms with E-state index < -0.39 is 17.8 Å². The van der Waals surface area contributed by atoms with Crippen molar-refractivity contribution in [1.82, 2.24) is 9.97 Å². The molecule has 1 aromatic carbocycles. The van der Waals surface area contributed by atoms with E-state index in [4.69, 9.17) is 14.6 Å². The summed E-state index contributed by atoms with van der Waals surface area (Å²) in [6.45, 7) is 1.29.